The topological polar surface area (TPSA) is 56.1 Å². The summed E-state index contributed by atoms with van der Waals surface area (Å²) in [7, 11) is 0. The number of anilines is 1. The summed E-state index contributed by atoms with van der Waals surface area (Å²) < 4.78 is 8.29. The molecule has 5 nitrogen and oxygen atoms in total. The average Bonchev–Trinajstić information content (AvgIpc) is 3.18. The molecular weight excluding hydrogens is 442 g/mol. The van der Waals surface area contributed by atoms with E-state index in [0.29, 0.717) is 11.6 Å². The average molecular weight is 462 g/mol. The predicted molar refractivity (Wildman–Crippen MR) is 122 cm³/mol. The Bertz CT molecular complexity index is 1150. The van der Waals surface area contributed by atoms with Crippen LogP contribution in [0.1, 0.15) is 5.56 Å². The van der Waals surface area contributed by atoms with Crippen molar-refractivity contribution < 1.29 is 9.53 Å². The molecule has 0 atom stereocenters. The number of hydrogen-bond donors (Lipinski definition) is 1. The van der Waals surface area contributed by atoms with Crippen molar-refractivity contribution in [2.45, 2.75) is 6.92 Å². The van der Waals surface area contributed by atoms with Crippen LogP contribution in [-0.2, 0) is 4.79 Å². The van der Waals surface area contributed by atoms with E-state index in [1.165, 1.54) is 0 Å². The Kier molecular flexibility index (Phi) is 5.95. The second kappa shape index (κ2) is 8.97. The van der Waals surface area contributed by atoms with E-state index in [1.54, 1.807) is 4.68 Å². The molecule has 0 aliphatic carbocycles. The molecule has 0 unspecified atom stereocenters. The Morgan fingerprint density at radius 2 is 1.77 bits per heavy atom. The highest BCUT2D eigenvalue weighted by Crippen LogP contribution is 2.26. The predicted octanol–water partition coefficient (Wildman–Crippen LogP) is 5.63. The van der Waals surface area contributed by atoms with Crippen LogP contribution in [-0.4, -0.2) is 22.3 Å². The first kappa shape index (κ1) is 19.9. The Labute approximate surface area is 183 Å². The van der Waals surface area contributed by atoms with Gasteiger partial charge in [0.25, 0.3) is 5.91 Å². The molecule has 0 aliphatic heterocycles. The molecule has 150 valence electrons. The molecule has 4 rings (SSSR count). The normalized spacial score (nSPS) is 10.6. The van der Waals surface area contributed by atoms with Gasteiger partial charge in [0.05, 0.1) is 11.4 Å². The summed E-state index contributed by atoms with van der Waals surface area (Å²) in [5, 5.41) is 7.63. The molecule has 0 fully saturated rings. The molecule has 1 N–H and O–H groups in total. The van der Waals surface area contributed by atoms with Gasteiger partial charge in [0.2, 0.25) is 0 Å². The van der Waals surface area contributed by atoms with Gasteiger partial charge < -0.3 is 10.1 Å². The Morgan fingerprint density at radius 1 is 1.00 bits per heavy atom. The number of para-hydroxylation sites is 1. The molecule has 0 spiro atoms. The zero-order valence-electron chi connectivity index (χ0n) is 16.4. The minimum absolute atomic E-state index is 0.0880. The molecular formula is C24H20BrN3O2. The van der Waals surface area contributed by atoms with Crippen LogP contribution in [0.5, 0.6) is 5.75 Å². The number of nitrogens with one attached hydrogen (secondary N) is 1. The summed E-state index contributed by atoms with van der Waals surface area (Å²) in [6, 6.07) is 27.0. The van der Waals surface area contributed by atoms with Crippen molar-refractivity contribution in [1.29, 1.82) is 0 Å². The summed E-state index contributed by atoms with van der Waals surface area (Å²) >= 11 is 3.50. The van der Waals surface area contributed by atoms with Crippen molar-refractivity contribution >= 4 is 27.7 Å². The maximum atomic E-state index is 12.6. The van der Waals surface area contributed by atoms with Crippen LogP contribution in [0.4, 0.5) is 5.82 Å². The summed E-state index contributed by atoms with van der Waals surface area (Å²) in [6.07, 6.45) is 0. The second-order valence-electron chi connectivity index (χ2n) is 6.82. The first-order valence-electron chi connectivity index (χ1n) is 9.49. The number of carbonyl (C=O) groups excluding carboxylic acids is 1. The Hall–Kier alpha value is -3.38. The van der Waals surface area contributed by atoms with Crippen molar-refractivity contribution in [3.63, 3.8) is 0 Å². The number of amides is 1. The number of carbonyl (C=O) groups is 1. The molecule has 4 aromatic rings. The molecule has 0 saturated heterocycles. The Balaban J connectivity index is 1.57. The SMILES string of the molecule is Cc1ccc(OCC(=O)Nc2cc(-c3cccc(Br)c3)nn2-c2ccccc2)cc1. The fourth-order valence-electron chi connectivity index (χ4n) is 2.99. The molecule has 30 heavy (non-hydrogen) atoms. The first-order valence-corrected chi connectivity index (χ1v) is 10.3. The standard InChI is InChI=1S/C24H20BrN3O2/c1-17-10-12-21(13-11-17)30-16-24(29)26-23-15-22(18-6-5-7-19(25)14-18)27-28(23)20-8-3-2-4-9-20/h2-15H,16H2,1H3,(H,26,29). The number of rotatable bonds is 6. The lowest BCUT2D eigenvalue weighted by Gasteiger charge is -2.10. The monoisotopic (exact) mass is 461 g/mol. The second-order valence-corrected chi connectivity index (χ2v) is 7.74. The van der Waals surface area contributed by atoms with Crippen molar-refractivity contribution in [3.8, 4) is 22.7 Å². The van der Waals surface area contributed by atoms with Crippen LogP contribution in [0, 0.1) is 6.92 Å². The van der Waals surface area contributed by atoms with E-state index in [9.17, 15) is 4.79 Å². The lowest BCUT2D eigenvalue weighted by Crippen LogP contribution is -2.21. The van der Waals surface area contributed by atoms with Crippen LogP contribution in [0.25, 0.3) is 16.9 Å². The van der Waals surface area contributed by atoms with Crippen molar-refractivity contribution in [3.05, 3.63) is 95.0 Å². The minimum Gasteiger partial charge on any atom is -0.484 e. The van der Waals surface area contributed by atoms with Gasteiger partial charge in [-0.3, -0.25) is 4.79 Å². The summed E-state index contributed by atoms with van der Waals surface area (Å²) in [5.41, 5.74) is 3.70. The van der Waals surface area contributed by atoms with Gasteiger partial charge in [-0.25, -0.2) is 4.68 Å². The summed E-state index contributed by atoms with van der Waals surface area (Å²) in [5.74, 6) is 0.976. The van der Waals surface area contributed by atoms with Crippen molar-refractivity contribution in [2.24, 2.45) is 0 Å². The van der Waals surface area contributed by atoms with E-state index in [4.69, 9.17) is 9.84 Å². The lowest BCUT2D eigenvalue weighted by atomic mass is 10.1. The number of halogens is 1. The maximum absolute atomic E-state index is 12.6. The lowest BCUT2D eigenvalue weighted by molar-refractivity contribution is -0.118. The van der Waals surface area contributed by atoms with E-state index in [0.717, 1.165) is 27.0 Å². The highest BCUT2D eigenvalue weighted by molar-refractivity contribution is 9.10. The van der Waals surface area contributed by atoms with Gasteiger partial charge in [0.15, 0.2) is 6.61 Å². The number of benzene rings is 3. The van der Waals surface area contributed by atoms with Crippen LogP contribution < -0.4 is 10.1 Å². The highest BCUT2D eigenvalue weighted by Gasteiger charge is 2.14. The van der Waals surface area contributed by atoms with Gasteiger partial charge in [-0.05, 0) is 43.3 Å². The number of ether oxygens (including phenoxy) is 1. The Morgan fingerprint density at radius 3 is 2.50 bits per heavy atom. The number of nitrogens with zero attached hydrogens (tertiary/aromatic N) is 2. The van der Waals surface area contributed by atoms with Crippen molar-refractivity contribution in [2.75, 3.05) is 11.9 Å². The van der Waals surface area contributed by atoms with Crippen LogP contribution in [0.3, 0.4) is 0 Å². The minimum atomic E-state index is -0.256. The number of aromatic nitrogens is 2. The molecule has 0 radical (unpaired) electrons. The van der Waals surface area contributed by atoms with Crippen molar-refractivity contribution in [1.82, 2.24) is 9.78 Å². The van der Waals surface area contributed by atoms with Gasteiger partial charge in [-0.1, -0.05) is 64.0 Å². The van der Waals surface area contributed by atoms with Crippen LogP contribution in [0.15, 0.2) is 89.4 Å². The third-order valence-electron chi connectivity index (χ3n) is 4.49. The number of aryl methyl sites for hydroxylation is 1. The zero-order valence-corrected chi connectivity index (χ0v) is 18.0. The number of hydrogen-bond acceptors (Lipinski definition) is 3. The maximum Gasteiger partial charge on any atom is 0.263 e. The van der Waals surface area contributed by atoms with Gasteiger partial charge >= 0.3 is 0 Å². The van der Waals surface area contributed by atoms with E-state index in [1.807, 2.05) is 91.9 Å². The fourth-order valence-corrected chi connectivity index (χ4v) is 3.39. The van der Waals surface area contributed by atoms with E-state index >= 15 is 0 Å². The quantitative estimate of drug-likeness (QED) is 0.404. The fraction of sp³-hybridized carbons (Fsp3) is 0.0833. The molecule has 0 bridgehead atoms. The van der Waals surface area contributed by atoms with E-state index in [-0.39, 0.29) is 12.5 Å². The van der Waals surface area contributed by atoms with E-state index < -0.39 is 0 Å². The van der Waals surface area contributed by atoms with Crippen LogP contribution in [0.2, 0.25) is 0 Å². The largest absolute Gasteiger partial charge is 0.484 e. The van der Waals surface area contributed by atoms with Crippen LogP contribution >= 0.6 is 15.9 Å². The smallest absolute Gasteiger partial charge is 0.263 e. The third kappa shape index (κ3) is 4.78. The molecule has 6 heteroatoms. The molecule has 1 amide bonds. The molecule has 0 aliphatic rings. The molecule has 3 aromatic carbocycles. The van der Waals surface area contributed by atoms with Gasteiger partial charge in [-0.2, -0.15) is 5.10 Å². The summed E-state index contributed by atoms with van der Waals surface area (Å²) in [4.78, 5) is 12.6. The van der Waals surface area contributed by atoms with E-state index in [2.05, 4.69) is 21.2 Å². The summed E-state index contributed by atoms with van der Waals surface area (Å²) in [6.45, 7) is 1.92. The molecule has 1 heterocycles. The highest BCUT2D eigenvalue weighted by atomic mass is 79.9. The van der Waals surface area contributed by atoms with Gasteiger partial charge in [0, 0.05) is 16.1 Å². The first-order chi connectivity index (χ1) is 14.6. The molecule has 0 saturated carbocycles. The van der Waals surface area contributed by atoms with Gasteiger partial charge in [0.1, 0.15) is 11.6 Å². The molecule has 1 aromatic heterocycles. The zero-order chi connectivity index (χ0) is 20.9. The van der Waals surface area contributed by atoms with Gasteiger partial charge in [-0.15, -0.1) is 0 Å². The third-order valence-corrected chi connectivity index (χ3v) is 4.98.